The van der Waals surface area contributed by atoms with Crippen LogP contribution in [0.3, 0.4) is 0 Å². The average Bonchev–Trinajstić information content (AvgIpc) is 2.29. The summed E-state index contributed by atoms with van der Waals surface area (Å²) in [5, 5.41) is 17.1. The van der Waals surface area contributed by atoms with Crippen LogP contribution in [0.15, 0.2) is 24.3 Å². The van der Waals surface area contributed by atoms with E-state index in [9.17, 15) is 9.59 Å². The molecule has 0 amide bonds. The largest absolute Gasteiger partial charge is 0.478 e. The first-order valence-electron chi connectivity index (χ1n) is 4.32. The van der Waals surface area contributed by atoms with E-state index < -0.39 is 11.9 Å². The number of thiol groups is 2. The Morgan fingerprint density at radius 3 is 1.44 bits per heavy atom. The van der Waals surface area contributed by atoms with Crippen molar-refractivity contribution >= 4 is 37.2 Å². The Labute approximate surface area is 104 Å². The molecule has 0 aliphatic carbocycles. The summed E-state index contributed by atoms with van der Waals surface area (Å²) >= 11 is 7.69. The standard InChI is InChI=1S/C8H6O4.C2H6S2/c9-7(10)5-3-1-2-4-6(5)8(11)12;3-1-2-4/h1-4H,(H,9,10)(H,11,12);3-4H,1-2H2. The summed E-state index contributed by atoms with van der Waals surface area (Å²) in [5.41, 5.74) is -0.380. The fraction of sp³-hybridized carbons (Fsp3) is 0.200. The van der Waals surface area contributed by atoms with Crippen molar-refractivity contribution in [2.24, 2.45) is 0 Å². The molecule has 1 rings (SSSR count). The number of hydrogen-bond donors (Lipinski definition) is 4. The van der Waals surface area contributed by atoms with Crippen molar-refractivity contribution in [2.75, 3.05) is 11.5 Å². The number of carbonyl (C=O) groups is 2. The lowest BCUT2D eigenvalue weighted by atomic mass is 10.1. The maximum Gasteiger partial charge on any atom is 0.336 e. The zero-order valence-corrected chi connectivity index (χ0v) is 10.1. The van der Waals surface area contributed by atoms with Crippen molar-refractivity contribution in [3.63, 3.8) is 0 Å². The number of hydrogen-bond acceptors (Lipinski definition) is 4. The molecule has 2 N–H and O–H groups in total. The monoisotopic (exact) mass is 260 g/mol. The average molecular weight is 260 g/mol. The van der Waals surface area contributed by atoms with Crippen molar-refractivity contribution in [3.8, 4) is 0 Å². The van der Waals surface area contributed by atoms with Gasteiger partial charge in [-0.05, 0) is 23.6 Å². The molecule has 0 aliphatic heterocycles. The maximum atomic E-state index is 10.5. The SMILES string of the molecule is O=C(O)c1ccccc1C(=O)O.SCCS. The van der Waals surface area contributed by atoms with Crippen molar-refractivity contribution in [1.29, 1.82) is 0 Å². The molecule has 6 heteroatoms. The van der Waals surface area contributed by atoms with Crippen molar-refractivity contribution in [3.05, 3.63) is 35.4 Å². The summed E-state index contributed by atoms with van der Waals surface area (Å²) in [6.45, 7) is 0. The highest BCUT2D eigenvalue weighted by Gasteiger charge is 2.13. The van der Waals surface area contributed by atoms with Crippen LogP contribution < -0.4 is 0 Å². The number of rotatable bonds is 3. The van der Waals surface area contributed by atoms with E-state index in [-0.39, 0.29) is 11.1 Å². The van der Waals surface area contributed by atoms with Gasteiger partial charge in [0.25, 0.3) is 0 Å². The molecule has 0 fully saturated rings. The second-order valence-electron chi connectivity index (χ2n) is 2.60. The van der Waals surface area contributed by atoms with Crippen molar-refractivity contribution in [1.82, 2.24) is 0 Å². The van der Waals surface area contributed by atoms with E-state index in [0.717, 1.165) is 11.5 Å². The van der Waals surface area contributed by atoms with Gasteiger partial charge in [0.2, 0.25) is 0 Å². The lowest BCUT2D eigenvalue weighted by Crippen LogP contribution is -2.06. The Hall–Kier alpha value is -1.14. The Morgan fingerprint density at radius 2 is 1.25 bits per heavy atom. The van der Waals surface area contributed by atoms with Gasteiger partial charge in [0.1, 0.15) is 0 Å². The third-order valence-electron chi connectivity index (χ3n) is 1.49. The molecule has 0 bridgehead atoms. The summed E-state index contributed by atoms with van der Waals surface area (Å²) in [6, 6.07) is 5.48. The van der Waals surface area contributed by atoms with E-state index in [1.165, 1.54) is 24.3 Å². The van der Waals surface area contributed by atoms with Gasteiger partial charge in [0.05, 0.1) is 11.1 Å². The van der Waals surface area contributed by atoms with Gasteiger partial charge < -0.3 is 10.2 Å². The van der Waals surface area contributed by atoms with E-state index >= 15 is 0 Å². The normalized spacial score (nSPS) is 8.88. The van der Waals surface area contributed by atoms with E-state index in [2.05, 4.69) is 25.3 Å². The molecule has 0 aliphatic rings. The Bertz CT molecular complexity index is 331. The van der Waals surface area contributed by atoms with Crippen LogP contribution in [0, 0.1) is 0 Å². The summed E-state index contributed by atoms with van der Waals surface area (Å²) in [4.78, 5) is 20.9. The van der Waals surface area contributed by atoms with Crippen LogP contribution in [-0.2, 0) is 0 Å². The zero-order chi connectivity index (χ0) is 12.6. The summed E-state index contributed by atoms with van der Waals surface area (Å²) in [7, 11) is 0. The quantitative estimate of drug-likeness (QED) is 0.626. The first-order chi connectivity index (χ1) is 7.54. The predicted molar refractivity (Wildman–Crippen MR) is 68.1 cm³/mol. The molecule has 0 saturated carbocycles. The molecule has 4 nitrogen and oxygen atoms in total. The van der Waals surface area contributed by atoms with E-state index in [1.54, 1.807) is 0 Å². The molecule has 0 saturated heterocycles. The number of carboxylic acid groups (broad SMARTS) is 2. The Balaban J connectivity index is 0.000000487. The van der Waals surface area contributed by atoms with E-state index in [4.69, 9.17) is 10.2 Å². The number of aromatic carboxylic acids is 2. The molecular formula is C10H12O4S2. The third kappa shape index (κ3) is 5.09. The Kier molecular flexibility index (Phi) is 7.49. The molecule has 0 spiro atoms. The summed E-state index contributed by atoms with van der Waals surface area (Å²) < 4.78 is 0. The molecule has 0 aromatic heterocycles. The molecule has 0 atom stereocenters. The second kappa shape index (κ2) is 8.06. The molecule has 88 valence electrons. The van der Waals surface area contributed by atoms with Gasteiger partial charge in [-0.25, -0.2) is 9.59 Å². The highest BCUT2D eigenvalue weighted by molar-refractivity contribution is 7.84. The van der Waals surface area contributed by atoms with Crippen LogP contribution >= 0.6 is 25.3 Å². The summed E-state index contributed by atoms with van der Waals surface area (Å²) in [6.07, 6.45) is 0. The lowest BCUT2D eigenvalue weighted by molar-refractivity contribution is 0.0651. The fourth-order valence-electron chi connectivity index (χ4n) is 0.856. The zero-order valence-electron chi connectivity index (χ0n) is 8.33. The minimum absolute atomic E-state index is 0.190. The maximum absolute atomic E-state index is 10.5. The second-order valence-corrected chi connectivity index (χ2v) is 3.50. The molecule has 0 radical (unpaired) electrons. The lowest BCUT2D eigenvalue weighted by Gasteiger charge is -1.98. The number of carboxylic acids is 2. The third-order valence-corrected chi connectivity index (χ3v) is 2.29. The van der Waals surface area contributed by atoms with E-state index in [1.807, 2.05) is 0 Å². The highest BCUT2D eigenvalue weighted by atomic mass is 32.1. The van der Waals surface area contributed by atoms with Crippen molar-refractivity contribution in [2.45, 2.75) is 0 Å². The van der Waals surface area contributed by atoms with Gasteiger partial charge in [-0.15, -0.1) is 0 Å². The van der Waals surface area contributed by atoms with Crippen LogP contribution in [0.25, 0.3) is 0 Å². The molecule has 1 aromatic carbocycles. The van der Waals surface area contributed by atoms with Gasteiger partial charge in [0, 0.05) is 0 Å². The van der Waals surface area contributed by atoms with Crippen LogP contribution in [0.1, 0.15) is 20.7 Å². The van der Waals surface area contributed by atoms with Gasteiger partial charge in [-0.1, -0.05) is 12.1 Å². The van der Waals surface area contributed by atoms with Gasteiger partial charge in [0.15, 0.2) is 0 Å². The Morgan fingerprint density at radius 1 is 0.938 bits per heavy atom. The number of benzene rings is 1. The molecule has 0 heterocycles. The van der Waals surface area contributed by atoms with Crippen LogP contribution in [0.2, 0.25) is 0 Å². The molecule has 1 aromatic rings. The van der Waals surface area contributed by atoms with Crippen LogP contribution in [0.5, 0.6) is 0 Å². The molecular weight excluding hydrogens is 248 g/mol. The molecule has 16 heavy (non-hydrogen) atoms. The fourth-order valence-corrected chi connectivity index (χ4v) is 0.856. The smallest absolute Gasteiger partial charge is 0.336 e. The van der Waals surface area contributed by atoms with Gasteiger partial charge in [-0.2, -0.15) is 25.3 Å². The molecule has 0 unspecified atom stereocenters. The van der Waals surface area contributed by atoms with Gasteiger partial charge in [-0.3, -0.25) is 0 Å². The first-order valence-corrected chi connectivity index (χ1v) is 5.58. The van der Waals surface area contributed by atoms with Crippen LogP contribution in [-0.4, -0.2) is 33.7 Å². The van der Waals surface area contributed by atoms with Gasteiger partial charge >= 0.3 is 11.9 Å². The minimum Gasteiger partial charge on any atom is -0.478 e. The first kappa shape index (κ1) is 14.9. The van der Waals surface area contributed by atoms with Crippen LogP contribution in [0.4, 0.5) is 0 Å². The highest BCUT2D eigenvalue weighted by Crippen LogP contribution is 2.07. The topological polar surface area (TPSA) is 74.6 Å². The summed E-state index contributed by atoms with van der Waals surface area (Å²) in [5.74, 6) is -0.701. The predicted octanol–water partition coefficient (Wildman–Crippen LogP) is 1.93. The minimum atomic E-state index is -1.23. The van der Waals surface area contributed by atoms with Crippen molar-refractivity contribution < 1.29 is 19.8 Å². The van der Waals surface area contributed by atoms with E-state index in [0.29, 0.717) is 0 Å².